The number of anilines is 1. The maximum absolute atomic E-state index is 13.0. The van der Waals surface area contributed by atoms with Crippen molar-refractivity contribution in [2.75, 3.05) is 19.0 Å². The van der Waals surface area contributed by atoms with Crippen LogP contribution in [0, 0.1) is 11.6 Å². The van der Waals surface area contributed by atoms with Gasteiger partial charge < -0.3 is 20.5 Å². The molecule has 0 fully saturated rings. The molecule has 19 heavy (non-hydrogen) atoms. The lowest BCUT2D eigenvalue weighted by Gasteiger charge is -2.11. The van der Waals surface area contributed by atoms with Crippen molar-refractivity contribution in [3.05, 3.63) is 23.8 Å². The van der Waals surface area contributed by atoms with Crippen molar-refractivity contribution in [2.45, 2.75) is 6.42 Å². The number of methoxy groups -OCH3 is 1. The van der Waals surface area contributed by atoms with Gasteiger partial charge in [0.1, 0.15) is 5.75 Å². The Hall–Kier alpha value is -2.38. The molecule has 8 heteroatoms. The van der Waals surface area contributed by atoms with Crippen LogP contribution in [0.25, 0.3) is 0 Å². The fourth-order valence-corrected chi connectivity index (χ4v) is 1.24. The smallest absolute Gasteiger partial charge is 0.319 e. The minimum atomic E-state index is -1.14. The number of ether oxygens (including phenoxy) is 1. The second-order valence-electron chi connectivity index (χ2n) is 3.49. The van der Waals surface area contributed by atoms with Crippen LogP contribution in [0.2, 0.25) is 0 Å². The molecule has 0 aliphatic carbocycles. The number of benzene rings is 1. The lowest BCUT2D eigenvalue weighted by Crippen LogP contribution is -2.30. The summed E-state index contributed by atoms with van der Waals surface area (Å²) in [6.45, 7) is -0.0901. The van der Waals surface area contributed by atoms with E-state index in [1.807, 2.05) is 0 Å². The third kappa shape index (κ3) is 4.41. The molecule has 0 aliphatic heterocycles. The Morgan fingerprint density at radius 1 is 1.32 bits per heavy atom. The summed E-state index contributed by atoms with van der Waals surface area (Å²) in [5.74, 6) is -3.35. The average Bonchev–Trinajstić information content (AvgIpc) is 2.33. The van der Waals surface area contributed by atoms with E-state index in [1.165, 1.54) is 7.11 Å². The monoisotopic (exact) mass is 274 g/mol. The van der Waals surface area contributed by atoms with Crippen LogP contribution in [0.15, 0.2) is 12.1 Å². The minimum Gasteiger partial charge on any atom is -0.494 e. The van der Waals surface area contributed by atoms with E-state index in [0.29, 0.717) is 0 Å². The molecule has 0 radical (unpaired) electrons. The highest BCUT2D eigenvalue weighted by Gasteiger charge is 2.12. The summed E-state index contributed by atoms with van der Waals surface area (Å²) in [6, 6.07) is 0.818. The Kier molecular flexibility index (Phi) is 5.04. The number of amides is 2. The Morgan fingerprint density at radius 3 is 2.53 bits per heavy atom. The molecule has 104 valence electrons. The number of urea groups is 1. The second-order valence-corrected chi connectivity index (χ2v) is 3.49. The molecule has 1 rings (SSSR count). The molecule has 0 unspecified atom stereocenters. The summed E-state index contributed by atoms with van der Waals surface area (Å²) in [5.41, 5.74) is -0.0609. The summed E-state index contributed by atoms with van der Waals surface area (Å²) >= 11 is 0. The van der Waals surface area contributed by atoms with Gasteiger partial charge in [0.15, 0.2) is 11.6 Å². The maximum atomic E-state index is 13.0. The first-order valence-corrected chi connectivity index (χ1v) is 5.23. The van der Waals surface area contributed by atoms with Gasteiger partial charge in [-0.05, 0) is 0 Å². The summed E-state index contributed by atoms with van der Waals surface area (Å²) < 4.78 is 30.7. The first-order valence-electron chi connectivity index (χ1n) is 5.23. The number of nitrogens with one attached hydrogen (secondary N) is 2. The maximum Gasteiger partial charge on any atom is 0.319 e. The van der Waals surface area contributed by atoms with Crippen LogP contribution in [0.4, 0.5) is 19.3 Å². The van der Waals surface area contributed by atoms with E-state index < -0.39 is 23.6 Å². The number of carbonyl (C=O) groups excluding carboxylic acids is 1. The minimum absolute atomic E-state index is 0.0488. The van der Waals surface area contributed by atoms with Gasteiger partial charge in [0.2, 0.25) is 0 Å². The van der Waals surface area contributed by atoms with Gasteiger partial charge in [-0.2, -0.15) is 0 Å². The van der Waals surface area contributed by atoms with Gasteiger partial charge in [0, 0.05) is 18.7 Å². The molecule has 0 atom stereocenters. The topological polar surface area (TPSA) is 87.7 Å². The number of aliphatic carboxylic acids is 1. The van der Waals surface area contributed by atoms with E-state index in [1.54, 1.807) is 0 Å². The molecular weight excluding hydrogens is 262 g/mol. The number of rotatable bonds is 5. The van der Waals surface area contributed by atoms with Gasteiger partial charge in [-0.3, -0.25) is 4.79 Å². The summed E-state index contributed by atoms with van der Waals surface area (Å²) in [7, 11) is 1.24. The molecule has 3 N–H and O–H groups in total. The molecule has 0 aliphatic rings. The molecular formula is C11H12F2N2O4. The summed E-state index contributed by atoms with van der Waals surface area (Å²) in [4.78, 5) is 21.6. The van der Waals surface area contributed by atoms with Gasteiger partial charge in [0.25, 0.3) is 0 Å². The van der Waals surface area contributed by atoms with E-state index >= 15 is 0 Å². The molecule has 0 bridgehead atoms. The predicted octanol–water partition coefficient (Wildman–Crippen LogP) is 1.57. The van der Waals surface area contributed by atoms with E-state index in [2.05, 4.69) is 10.6 Å². The first kappa shape index (κ1) is 14.7. The van der Waals surface area contributed by atoms with Crippen LogP contribution < -0.4 is 15.4 Å². The fourth-order valence-electron chi connectivity index (χ4n) is 1.24. The van der Waals surface area contributed by atoms with Crippen LogP contribution >= 0.6 is 0 Å². The summed E-state index contributed by atoms with van der Waals surface area (Å²) in [5, 5.41) is 12.9. The van der Waals surface area contributed by atoms with Gasteiger partial charge >= 0.3 is 12.0 Å². The quantitative estimate of drug-likeness (QED) is 0.760. The number of halogens is 2. The van der Waals surface area contributed by atoms with Crippen molar-refractivity contribution in [2.24, 2.45) is 0 Å². The van der Waals surface area contributed by atoms with Crippen molar-refractivity contribution in [1.29, 1.82) is 0 Å². The fraction of sp³-hybridized carbons (Fsp3) is 0.273. The number of hydrogen-bond donors (Lipinski definition) is 3. The number of hydrogen-bond acceptors (Lipinski definition) is 3. The Balaban J connectivity index is 2.68. The molecule has 1 aromatic rings. The lowest BCUT2D eigenvalue weighted by molar-refractivity contribution is -0.136. The van der Waals surface area contributed by atoms with E-state index in [0.717, 1.165) is 12.1 Å². The Morgan fingerprint density at radius 2 is 1.95 bits per heavy atom. The Labute approximate surface area is 107 Å². The highest BCUT2D eigenvalue weighted by atomic mass is 19.2. The average molecular weight is 274 g/mol. The van der Waals surface area contributed by atoms with Crippen molar-refractivity contribution < 1.29 is 28.2 Å². The molecule has 0 saturated heterocycles. The van der Waals surface area contributed by atoms with Crippen LogP contribution in [-0.2, 0) is 4.79 Å². The highest BCUT2D eigenvalue weighted by Crippen LogP contribution is 2.26. The van der Waals surface area contributed by atoms with Crippen LogP contribution in [0.1, 0.15) is 6.42 Å². The number of carboxylic acid groups (broad SMARTS) is 1. The molecule has 2 amide bonds. The standard InChI is InChI=1S/C11H12F2N2O4/c1-19-9-5-7(13)6(12)4-8(9)15-11(18)14-3-2-10(16)17/h4-5H,2-3H2,1H3,(H,16,17)(H2,14,15,18). The number of carbonyl (C=O) groups is 2. The zero-order valence-electron chi connectivity index (χ0n) is 10.00. The van der Waals surface area contributed by atoms with Gasteiger partial charge in [-0.25, -0.2) is 13.6 Å². The molecule has 0 heterocycles. The van der Waals surface area contributed by atoms with Crippen LogP contribution in [0.3, 0.4) is 0 Å². The Bertz CT molecular complexity index is 494. The lowest BCUT2D eigenvalue weighted by atomic mass is 10.2. The van der Waals surface area contributed by atoms with Crippen molar-refractivity contribution in [3.8, 4) is 5.75 Å². The third-order valence-corrected chi connectivity index (χ3v) is 2.12. The zero-order chi connectivity index (χ0) is 14.4. The van der Waals surface area contributed by atoms with E-state index in [-0.39, 0.29) is 24.4 Å². The largest absolute Gasteiger partial charge is 0.494 e. The van der Waals surface area contributed by atoms with Crippen molar-refractivity contribution in [1.82, 2.24) is 5.32 Å². The van der Waals surface area contributed by atoms with Crippen molar-refractivity contribution >= 4 is 17.7 Å². The first-order chi connectivity index (χ1) is 8.93. The molecule has 0 aromatic heterocycles. The van der Waals surface area contributed by atoms with Gasteiger partial charge in [0.05, 0.1) is 19.2 Å². The predicted molar refractivity (Wildman–Crippen MR) is 62.2 cm³/mol. The van der Waals surface area contributed by atoms with E-state index in [4.69, 9.17) is 9.84 Å². The third-order valence-electron chi connectivity index (χ3n) is 2.12. The van der Waals surface area contributed by atoms with Crippen molar-refractivity contribution in [3.63, 3.8) is 0 Å². The summed E-state index contributed by atoms with van der Waals surface area (Å²) in [6.07, 6.45) is -0.248. The highest BCUT2D eigenvalue weighted by molar-refractivity contribution is 5.91. The molecule has 0 spiro atoms. The van der Waals surface area contributed by atoms with Gasteiger partial charge in [-0.1, -0.05) is 0 Å². The van der Waals surface area contributed by atoms with E-state index in [9.17, 15) is 18.4 Å². The second kappa shape index (κ2) is 6.53. The van der Waals surface area contributed by atoms with Crippen LogP contribution in [-0.4, -0.2) is 30.8 Å². The van der Waals surface area contributed by atoms with Crippen LogP contribution in [0.5, 0.6) is 5.75 Å². The SMILES string of the molecule is COc1cc(F)c(F)cc1NC(=O)NCCC(=O)O. The number of carboxylic acids is 1. The van der Waals surface area contributed by atoms with Gasteiger partial charge in [-0.15, -0.1) is 0 Å². The molecule has 0 saturated carbocycles. The zero-order valence-corrected chi connectivity index (χ0v) is 10.00. The molecule has 1 aromatic carbocycles. The normalized spacial score (nSPS) is 9.84. The molecule has 6 nitrogen and oxygen atoms in total.